The van der Waals surface area contributed by atoms with Crippen molar-refractivity contribution in [1.82, 2.24) is 0 Å². The highest BCUT2D eigenvalue weighted by molar-refractivity contribution is 7.98. The molecule has 2 unspecified atom stereocenters. The highest BCUT2D eigenvalue weighted by Crippen LogP contribution is 2.30. The van der Waals surface area contributed by atoms with Crippen molar-refractivity contribution in [1.29, 1.82) is 0 Å². The predicted octanol–water partition coefficient (Wildman–Crippen LogP) is 2.74. The van der Waals surface area contributed by atoms with Crippen molar-refractivity contribution in [3.05, 3.63) is 23.8 Å². The van der Waals surface area contributed by atoms with Crippen LogP contribution >= 0.6 is 11.8 Å². The number of ether oxygens (including phenoxy) is 2. The van der Waals surface area contributed by atoms with Crippen molar-refractivity contribution in [3.8, 4) is 11.5 Å². The maximum atomic E-state index is 10.2. The fraction of sp³-hybridized carbons (Fsp3) is 0.538. The number of benzene rings is 1. The van der Waals surface area contributed by atoms with Gasteiger partial charge in [-0.15, -0.1) is 0 Å². The quantitative estimate of drug-likeness (QED) is 0.849. The first-order valence-corrected chi connectivity index (χ1v) is 6.91. The Labute approximate surface area is 107 Å². The lowest BCUT2D eigenvalue weighted by molar-refractivity contribution is 0.128. The van der Waals surface area contributed by atoms with Gasteiger partial charge in [0.1, 0.15) is 11.5 Å². The third-order valence-corrected chi connectivity index (χ3v) is 3.54. The molecule has 1 rings (SSSR count). The third kappa shape index (κ3) is 3.82. The Balaban J connectivity index is 2.95. The summed E-state index contributed by atoms with van der Waals surface area (Å²) in [5.41, 5.74) is 0.836. The van der Waals surface area contributed by atoms with Gasteiger partial charge in [-0.1, -0.05) is 6.92 Å². The van der Waals surface area contributed by atoms with E-state index in [2.05, 4.69) is 0 Å². The Morgan fingerprint density at radius 3 is 2.12 bits per heavy atom. The lowest BCUT2D eigenvalue weighted by Crippen LogP contribution is -2.11. The maximum Gasteiger partial charge on any atom is 0.122 e. The smallest absolute Gasteiger partial charge is 0.122 e. The summed E-state index contributed by atoms with van der Waals surface area (Å²) in [7, 11) is 3.21. The summed E-state index contributed by atoms with van der Waals surface area (Å²) in [4.78, 5) is 0. The third-order valence-electron chi connectivity index (χ3n) is 2.68. The molecule has 0 aliphatic carbocycles. The van der Waals surface area contributed by atoms with E-state index in [0.29, 0.717) is 11.5 Å². The summed E-state index contributed by atoms with van der Waals surface area (Å²) in [6, 6.07) is 5.50. The van der Waals surface area contributed by atoms with Crippen molar-refractivity contribution >= 4 is 11.8 Å². The molecule has 0 heterocycles. The zero-order chi connectivity index (χ0) is 12.8. The molecule has 0 aliphatic rings. The largest absolute Gasteiger partial charge is 0.497 e. The topological polar surface area (TPSA) is 38.7 Å². The number of thioether (sulfide) groups is 1. The lowest BCUT2D eigenvalue weighted by Gasteiger charge is -2.19. The normalized spacial score (nSPS) is 14.2. The van der Waals surface area contributed by atoms with E-state index < -0.39 is 6.10 Å². The van der Waals surface area contributed by atoms with E-state index in [1.807, 2.05) is 25.3 Å². The van der Waals surface area contributed by atoms with E-state index in [1.54, 1.807) is 32.0 Å². The van der Waals surface area contributed by atoms with Crippen LogP contribution in [0.2, 0.25) is 0 Å². The highest BCUT2D eigenvalue weighted by Gasteiger charge is 2.17. The number of hydrogen-bond acceptors (Lipinski definition) is 4. The van der Waals surface area contributed by atoms with Crippen LogP contribution in [0.4, 0.5) is 0 Å². The minimum absolute atomic E-state index is 0.196. The van der Waals surface area contributed by atoms with Crippen LogP contribution in [0, 0.1) is 5.92 Å². The van der Waals surface area contributed by atoms with Crippen molar-refractivity contribution < 1.29 is 14.6 Å². The summed E-state index contributed by atoms with van der Waals surface area (Å²) < 4.78 is 10.4. The van der Waals surface area contributed by atoms with Gasteiger partial charge in [0.25, 0.3) is 0 Å². The average molecular weight is 256 g/mol. The van der Waals surface area contributed by atoms with Crippen LogP contribution in [0.3, 0.4) is 0 Å². The fourth-order valence-electron chi connectivity index (χ4n) is 1.68. The molecular formula is C13H20O3S. The predicted molar refractivity (Wildman–Crippen MR) is 72.1 cm³/mol. The molecule has 0 fully saturated rings. The van der Waals surface area contributed by atoms with Crippen LogP contribution in [0.15, 0.2) is 18.2 Å². The zero-order valence-electron chi connectivity index (χ0n) is 10.8. The van der Waals surface area contributed by atoms with Gasteiger partial charge in [-0.05, 0) is 35.6 Å². The van der Waals surface area contributed by atoms with Crippen molar-refractivity contribution in [3.63, 3.8) is 0 Å². The number of methoxy groups -OCH3 is 2. The van der Waals surface area contributed by atoms with Gasteiger partial charge in [0.2, 0.25) is 0 Å². The van der Waals surface area contributed by atoms with Gasteiger partial charge in [0.15, 0.2) is 0 Å². The van der Waals surface area contributed by atoms with Crippen molar-refractivity contribution in [2.24, 2.45) is 5.92 Å². The van der Waals surface area contributed by atoms with Gasteiger partial charge in [-0.3, -0.25) is 0 Å². The van der Waals surface area contributed by atoms with Crippen molar-refractivity contribution in [2.75, 3.05) is 26.2 Å². The summed E-state index contributed by atoms with van der Waals surface area (Å²) in [6.45, 7) is 2.03. The highest BCUT2D eigenvalue weighted by atomic mass is 32.2. The van der Waals surface area contributed by atoms with Crippen LogP contribution in [0.25, 0.3) is 0 Å². The Bertz CT molecular complexity index is 332. The molecule has 3 nitrogen and oxygen atoms in total. The summed E-state index contributed by atoms with van der Waals surface area (Å²) in [5.74, 6) is 2.52. The molecule has 2 atom stereocenters. The van der Waals surface area contributed by atoms with Crippen molar-refractivity contribution in [2.45, 2.75) is 13.0 Å². The first-order valence-electron chi connectivity index (χ1n) is 5.52. The Kier molecular flexibility index (Phi) is 5.65. The summed E-state index contributed by atoms with van der Waals surface area (Å²) in [5, 5.41) is 10.2. The molecule has 0 aliphatic heterocycles. The second-order valence-electron chi connectivity index (χ2n) is 4.02. The molecule has 17 heavy (non-hydrogen) atoms. The zero-order valence-corrected chi connectivity index (χ0v) is 11.6. The van der Waals surface area contributed by atoms with E-state index in [1.165, 1.54) is 0 Å². The molecule has 1 aromatic carbocycles. The first kappa shape index (κ1) is 14.2. The molecule has 0 saturated heterocycles. The van der Waals surface area contributed by atoms with E-state index in [9.17, 15) is 5.11 Å². The molecule has 96 valence electrons. The first-order chi connectivity index (χ1) is 8.12. The van der Waals surface area contributed by atoms with Gasteiger partial charge < -0.3 is 14.6 Å². The summed E-state index contributed by atoms with van der Waals surface area (Å²) in [6.07, 6.45) is 1.54. The molecular weight excluding hydrogens is 236 g/mol. The van der Waals surface area contributed by atoms with E-state index in [0.717, 1.165) is 11.3 Å². The minimum atomic E-state index is -0.494. The van der Waals surface area contributed by atoms with Gasteiger partial charge in [-0.25, -0.2) is 0 Å². The SMILES string of the molecule is COc1cc(OC)cc(C(O)C(C)CSC)c1. The average Bonchev–Trinajstić information content (AvgIpc) is 2.37. The molecule has 1 aromatic rings. The van der Waals surface area contributed by atoms with Crippen LogP contribution in [0.1, 0.15) is 18.6 Å². The fourth-order valence-corrected chi connectivity index (χ4v) is 2.39. The van der Waals surface area contributed by atoms with Gasteiger partial charge >= 0.3 is 0 Å². The van der Waals surface area contributed by atoms with E-state index >= 15 is 0 Å². The standard InChI is InChI=1S/C13H20O3S/c1-9(8-17-4)13(14)10-5-11(15-2)7-12(6-10)16-3/h5-7,9,13-14H,8H2,1-4H3. The minimum Gasteiger partial charge on any atom is -0.497 e. The van der Waals surface area contributed by atoms with E-state index in [4.69, 9.17) is 9.47 Å². The second-order valence-corrected chi connectivity index (χ2v) is 4.93. The molecule has 0 radical (unpaired) electrons. The number of rotatable bonds is 6. The molecule has 1 N–H and O–H groups in total. The summed E-state index contributed by atoms with van der Waals surface area (Å²) >= 11 is 1.73. The van der Waals surface area contributed by atoms with E-state index in [-0.39, 0.29) is 5.92 Å². The van der Waals surface area contributed by atoms with Crippen LogP contribution in [-0.2, 0) is 0 Å². The Morgan fingerprint density at radius 1 is 1.18 bits per heavy atom. The molecule has 0 bridgehead atoms. The van der Waals surface area contributed by atoms with Gasteiger partial charge in [0, 0.05) is 6.07 Å². The maximum absolute atomic E-state index is 10.2. The Morgan fingerprint density at radius 2 is 1.71 bits per heavy atom. The Hall–Kier alpha value is -0.870. The number of hydrogen-bond donors (Lipinski definition) is 1. The molecule has 0 saturated carbocycles. The van der Waals surface area contributed by atoms with Crippen LogP contribution in [0.5, 0.6) is 11.5 Å². The number of aliphatic hydroxyl groups is 1. The monoisotopic (exact) mass is 256 g/mol. The number of aliphatic hydroxyl groups excluding tert-OH is 1. The van der Waals surface area contributed by atoms with Crippen LogP contribution in [-0.4, -0.2) is 31.3 Å². The molecule has 0 aromatic heterocycles. The lowest BCUT2D eigenvalue weighted by atomic mass is 9.98. The molecule has 4 heteroatoms. The molecule has 0 amide bonds. The second kappa shape index (κ2) is 6.77. The van der Waals surface area contributed by atoms with Crippen LogP contribution < -0.4 is 9.47 Å². The molecule has 0 spiro atoms. The van der Waals surface area contributed by atoms with Gasteiger partial charge in [0.05, 0.1) is 20.3 Å². The van der Waals surface area contributed by atoms with Gasteiger partial charge in [-0.2, -0.15) is 11.8 Å².